The minimum Gasteiger partial charge on any atom is -0.348 e. The van der Waals surface area contributed by atoms with E-state index in [0.717, 1.165) is 30.5 Å². The summed E-state index contributed by atoms with van der Waals surface area (Å²) in [6.45, 7) is 7.11. The highest BCUT2D eigenvalue weighted by Crippen LogP contribution is 2.35. The summed E-state index contributed by atoms with van der Waals surface area (Å²) in [6, 6.07) is 9.95. The minimum absolute atomic E-state index is 0.0165. The normalized spacial score (nSPS) is 18.6. The molecule has 1 aliphatic carbocycles. The smallest absolute Gasteiger partial charge is 0.269 e. The second kappa shape index (κ2) is 8.41. The van der Waals surface area contributed by atoms with Gasteiger partial charge < -0.3 is 14.4 Å². The molecule has 1 aliphatic heterocycles. The number of hydrogen-bond acceptors (Lipinski definition) is 4. The average molecular weight is 439 g/mol. The Hall–Kier alpha value is -3.16. The number of rotatable bonds is 5. The highest BCUT2D eigenvalue weighted by Gasteiger charge is 2.39. The summed E-state index contributed by atoms with van der Waals surface area (Å²) in [5, 5.41) is 11.1. The summed E-state index contributed by atoms with van der Waals surface area (Å²) in [6.07, 6.45) is 4.83. The van der Waals surface area contributed by atoms with Crippen molar-refractivity contribution in [1.29, 1.82) is 0 Å². The van der Waals surface area contributed by atoms with Crippen molar-refractivity contribution >= 4 is 17.5 Å². The standard InChI is InChI=1S/C24H30N4O4/c1-24(2,3)27(23(30)18-6-4-7-18)16-21(29)26-15-14-25-13-5-8-20(25)22(26)17-9-11-19(12-10-17)28(31)32/h5,8-13,18,22H,4,6-7,14-16H2,1-3H3/t22-/m0/s1. The van der Waals surface area contributed by atoms with E-state index in [0.29, 0.717) is 13.1 Å². The van der Waals surface area contributed by atoms with E-state index in [4.69, 9.17) is 0 Å². The zero-order chi connectivity index (χ0) is 23.0. The second-order valence-electron chi connectivity index (χ2n) is 9.69. The van der Waals surface area contributed by atoms with Gasteiger partial charge in [0.1, 0.15) is 6.54 Å². The van der Waals surface area contributed by atoms with Crippen molar-refractivity contribution in [3.8, 4) is 0 Å². The number of nitro benzene ring substituents is 1. The second-order valence-corrected chi connectivity index (χ2v) is 9.69. The molecule has 4 rings (SSSR count). The zero-order valence-electron chi connectivity index (χ0n) is 18.9. The number of hydrogen-bond donors (Lipinski definition) is 0. The Kier molecular flexibility index (Phi) is 5.79. The Morgan fingerprint density at radius 2 is 1.81 bits per heavy atom. The zero-order valence-corrected chi connectivity index (χ0v) is 18.9. The van der Waals surface area contributed by atoms with Gasteiger partial charge in [-0.1, -0.05) is 6.42 Å². The van der Waals surface area contributed by atoms with Crippen LogP contribution in [0, 0.1) is 16.0 Å². The van der Waals surface area contributed by atoms with Gasteiger partial charge in [0.2, 0.25) is 11.8 Å². The third-order valence-corrected chi connectivity index (χ3v) is 6.60. The molecule has 0 spiro atoms. The molecular weight excluding hydrogens is 408 g/mol. The van der Waals surface area contributed by atoms with Gasteiger partial charge >= 0.3 is 0 Å². The Morgan fingerprint density at radius 3 is 2.38 bits per heavy atom. The van der Waals surface area contributed by atoms with E-state index >= 15 is 0 Å². The predicted octanol–water partition coefficient (Wildman–Crippen LogP) is 3.76. The summed E-state index contributed by atoms with van der Waals surface area (Å²) in [5.41, 5.74) is 1.34. The van der Waals surface area contributed by atoms with E-state index in [1.165, 1.54) is 12.1 Å². The van der Waals surface area contributed by atoms with Crippen LogP contribution < -0.4 is 0 Å². The first-order valence-corrected chi connectivity index (χ1v) is 11.2. The third kappa shape index (κ3) is 4.13. The van der Waals surface area contributed by atoms with Crippen LogP contribution in [0.2, 0.25) is 0 Å². The monoisotopic (exact) mass is 438 g/mol. The van der Waals surface area contributed by atoms with E-state index in [9.17, 15) is 19.7 Å². The van der Waals surface area contributed by atoms with Gasteiger partial charge in [0.05, 0.1) is 11.0 Å². The van der Waals surface area contributed by atoms with Gasteiger partial charge in [0, 0.05) is 48.6 Å². The molecule has 2 aliphatic rings. The minimum atomic E-state index is -0.457. The van der Waals surface area contributed by atoms with Crippen LogP contribution in [0.4, 0.5) is 5.69 Å². The number of nitrogens with zero attached hydrogens (tertiary/aromatic N) is 4. The van der Waals surface area contributed by atoms with Crippen molar-refractivity contribution in [2.45, 2.75) is 58.2 Å². The molecule has 1 aromatic heterocycles. The van der Waals surface area contributed by atoms with Crippen LogP contribution in [0.25, 0.3) is 0 Å². The van der Waals surface area contributed by atoms with Gasteiger partial charge in [-0.2, -0.15) is 0 Å². The SMILES string of the molecule is CC(C)(C)N(CC(=O)N1CCn2cccc2[C@@H]1c1ccc([N+](=O)[O-])cc1)C(=O)C1CCC1. The first kappa shape index (κ1) is 22.0. The number of non-ortho nitro benzene ring substituents is 1. The van der Waals surface area contributed by atoms with Crippen molar-refractivity contribution in [3.05, 3.63) is 64.0 Å². The lowest BCUT2D eigenvalue weighted by Crippen LogP contribution is -2.55. The molecule has 8 nitrogen and oxygen atoms in total. The van der Waals surface area contributed by atoms with Crippen LogP contribution in [0.1, 0.15) is 57.3 Å². The predicted molar refractivity (Wildman–Crippen MR) is 120 cm³/mol. The van der Waals surface area contributed by atoms with E-state index in [1.807, 2.05) is 44.0 Å². The van der Waals surface area contributed by atoms with Gasteiger partial charge in [0.15, 0.2) is 0 Å². The molecular formula is C24H30N4O4. The fourth-order valence-electron chi connectivity index (χ4n) is 4.53. The highest BCUT2D eigenvalue weighted by molar-refractivity contribution is 5.87. The largest absolute Gasteiger partial charge is 0.348 e. The Morgan fingerprint density at radius 1 is 1.12 bits per heavy atom. The molecule has 1 aromatic carbocycles. The van der Waals surface area contributed by atoms with Crippen molar-refractivity contribution < 1.29 is 14.5 Å². The van der Waals surface area contributed by atoms with Crippen LogP contribution in [0.5, 0.6) is 0 Å². The topological polar surface area (TPSA) is 88.7 Å². The van der Waals surface area contributed by atoms with Crippen molar-refractivity contribution in [1.82, 2.24) is 14.4 Å². The third-order valence-electron chi connectivity index (χ3n) is 6.60. The van der Waals surface area contributed by atoms with Crippen molar-refractivity contribution in [2.24, 2.45) is 5.92 Å². The summed E-state index contributed by atoms with van der Waals surface area (Å²) in [5.74, 6) is -0.0288. The van der Waals surface area contributed by atoms with Crippen LogP contribution in [0.3, 0.4) is 0 Å². The molecule has 2 aromatic rings. The van der Waals surface area contributed by atoms with Gasteiger partial charge in [0.25, 0.3) is 5.69 Å². The molecule has 1 saturated carbocycles. The van der Waals surface area contributed by atoms with Crippen LogP contribution >= 0.6 is 0 Å². The number of carbonyl (C=O) groups is 2. The molecule has 170 valence electrons. The maximum absolute atomic E-state index is 13.6. The number of benzene rings is 1. The van der Waals surface area contributed by atoms with Crippen LogP contribution in [0.15, 0.2) is 42.6 Å². The molecule has 0 bridgehead atoms. The lowest BCUT2D eigenvalue weighted by molar-refractivity contribution is -0.384. The van der Waals surface area contributed by atoms with Gasteiger partial charge in [-0.15, -0.1) is 0 Å². The van der Waals surface area contributed by atoms with Crippen molar-refractivity contribution in [3.63, 3.8) is 0 Å². The lowest BCUT2D eigenvalue weighted by Gasteiger charge is -2.43. The van der Waals surface area contributed by atoms with E-state index in [-0.39, 0.29) is 36.0 Å². The van der Waals surface area contributed by atoms with E-state index in [1.54, 1.807) is 17.0 Å². The quantitative estimate of drug-likeness (QED) is 0.525. The van der Waals surface area contributed by atoms with Gasteiger partial charge in [-0.05, 0) is 63.4 Å². The van der Waals surface area contributed by atoms with E-state index < -0.39 is 10.5 Å². The Labute approximate surface area is 188 Å². The fourth-order valence-corrected chi connectivity index (χ4v) is 4.53. The average Bonchev–Trinajstić information content (AvgIpc) is 3.17. The molecule has 2 heterocycles. The maximum Gasteiger partial charge on any atom is 0.269 e. The van der Waals surface area contributed by atoms with Gasteiger partial charge in [-0.25, -0.2) is 0 Å². The first-order valence-electron chi connectivity index (χ1n) is 11.2. The molecule has 0 unspecified atom stereocenters. The molecule has 8 heteroatoms. The molecule has 1 fully saturated rings. The van der Waals surface area contributed by atoms with Crippen LogP contribution in [-0.4, -0.2) is 49.7 Å². The number of nitro groups is 1. The fraction of sp³-hybridized carbons (Fsp3) is 0.500. The van der Waals surface area contributed by atoms with E-state index in [2.05, 4.69) is 4.57 Å². The lowest BCUT2D eigenvalue weighted by atomic mass is 9.83. The first-order chi connectivity index (χ1) is 15.2. The Bertz CT molecular complexity index is 1020. The summed E-state index contributed by atoms with van der Waals surface area (Å²) >= 11 is 0. The summed E-state index contributed by atoms with van der Waals surface area (Å²) in [7, 11) is 0. The van der Waals surface area contributed by atoms with Gasteiger partial charge in [-0.3, -0.25) is 19.7 Å². The van der Waals surface area contributed by atoms with Crippen molar-refractivity contribution in [2.75, 3.05) is 13.1 Å². The molecule has 2 amide bonds. The molecule has 32 heavy (non-hydrogen) atoms. The number of carbonyl (C=O) groups excluding carboxylic acids is 2. The highest BCUT2D eigenvalue weighted by atomic mass is 16.6. The number of aromatic nitrogens is 1. The Balaban J connectivity index is 1.63. The maximum atomic E-state index is 13.6. The summed E-state index contributed by atoms with van der Waals surface area (Å²) in [4.78, 5) is 40.9. The number of fused-ring (bicyclic) bond motifs is 1. The molecule has 1 atom stereocenters. The van der Waals surface area contributed by atoms with Crippen LogP contribution in [-0.2, 0) is 16.1 Å². The summed E-state index contributed by atoms with van der Waals surface area (Å²) < 4.78 is 2.11. The molecule has 0 radical (unpaired) electrons. The number of amides is 2. The molecule has 0 N–H and O–H groups in total. The molecule has 0 saturated heterocycles.